The van der Waals surface area contributed by atoms with Crippen LogP contribution in [0.3, 0.4) is 0 Å². The van der Waals surface area contributed by atoms with Gasteiger partial charge in [-0.3, -0.25) is 4.79 Å². The highest BCUT2D eigenvalue weighted by Gasteiger charge is 2.20. The van der Waals surface area contributed by atoms with Crippen molar-refractivity contribution in [3.8, 4) is 6.07 Å². The lowest BCUT2D eigenvalue weighted by molar-refractivity contribution is 0.102. The number of piperazine rings is 1. The van der Waals surface area contributed by atoms with Crippen LogP contribution in [0.4, 0.5) is 17.3 Å². The predicted octanol–water partition coefficient (Wildman–Crippen LogP) is 2.93. The number of nitrogens with one attached hydrogen (secondary N) is 1. The van der Waals surface area contributed by atoms with E-state index in [1.54, 1.807) is 36.5 Å². The summed E-state index contributed by atoms with van der Waals surface area (Å²) in [5, 5.41) is 11.7. The smallest absolute Gasteiger partial charge is 0.274 e. The van der Waals surface area contributed by atoms with Gasteiger partial charge in [-0.15, -0.1) is 0 Å². The zero-order chi connectivity index (χ0) is 20.1. The molecule has 2 heterocycles. The molecule has 1 saturated heterocycles. The molecule has 0 atom stereocenters. The molecule has 0 saturated carbocycles. The number of hydrogen-bond donors (Lipinski definition) is 1. The average molecular weight is 384 g/mol. The van der Waals surface area contributed by atoms with Crippen LogP contribution in [0.25, 0.3) is 0 Å². The summed E-state index contributed by atoms with van der Waals surface area (Å²) in [5.41, 5.74) is 2.68. The van der Waals surface area contributed by atoms with Gasteiger partial charge in [0, 0.05) is 43.8 Å². The van der Waals surface area contributed by atoms with Crippen LogP contribution in [0, 0.1) is 11.3 Å². The van der Waals surface area contributed by atoms with E-state index in [9.17, 15) is 4.79 Å². The Hall–Kier alpha value is -3.92. The number of carbonyl (C=O) groups excluding carboxylic acids is 1. The first-order valence-electron chi connectivity index (χ1n) is 9.42. The summed E-state index contributed by atoms with van der Waals surface area (Å²) in [6.07, 6.45) is 1.61. The molecule has 0 aliphatic carbocycles. The maximum atomic E-state index is 12.5. The molecule has 1 fully saturated rings. The molecule has 0 unspecified atom stereocenters. The minimum absolute atomic E-state index is 0.304. The summed E-state index contributed by atoms with van der Waals surface area (Å²) >= 11 is 0. The molecular weight excluding hydrogens is 364 g/mol. The Morgan fingerprint density at radius 3 is 2.31 bits per heavy atom. The van der Waals surface area contributed by atoms with E-state index in [4.69, 9.17) is 5.26 Å². The first-order chi connectivity index (χ1) is 14.2. The lowest BCUT2D eigenvalue weighted by Crippen LogP contribution is -2.47. The van der Waals surface area contributed by atoms with Crippen LogP contribution in [-0.2, 0) is 0 Å². The van der Waals surface area contributed by atoms with E-state index in [0.717, 1.165) is 26.2 Å². The number of aromatic nitrogens is 2. The highest BCUT2D eigenvalue weighted by atomic mass is 16.1. The van der Waals surface area contributed by atoms with E-state index in [1.807, 2.05) is 18.2 Å². The van der Waals surface area contributed by atoms with Crippen LogP contribution in [0.15, 0.2) is 66.9 Å². The fraction of sp³-hybridized carbons (Fsp3) is 0.182. The number of para-hydroxylation sites is 1. The first kappa shape index (κ1) is 18.4. The minimum atomic E-state index is -0.304. The number of rotatable bonds is 4. The molecule has 0 bridgehead atoms. The molecule has 1 N–H and O–H groups in total. The van der Waals surface area contributed by atoms with Crippen molar-refractivity contribution in [2.24, 2.45) is 0 Å². The second-order valence-corrected chi connectivity index (χ2v) is 6.69. The van der Waals surface area contributed by atoms with Crippen LogP contribution in [0.5, 0.6) is 0 Å². The Morgan fingerprint density at radius 1 is 0.931 bits per heavy atom. The van der Waals surface area contributed by atoms with Gasteiger partial charge in [0.2, 0.25) is 5.95 Å². The molecule has 1 aliphatic heterocycles. The van der Waals surface area contributed by atoms with E-state index in [1.165, 1.54) is 5.69 Å². The Kier molecular flexibility index (Phi) is 5.34. The zero-order valence-electron chi connectivity index (χ0n) is 15.8. The summed E-state index contributed by atoms with van der Waals surface area (Å²) in [7, 11) is 0. The number of hydrogen-bond acceptors (Lipinski definition) is 6. The van der Waals surface area contributed by atoms with Gasteiger partial charge < -0.3 is 15.1 Å². The number of amides is 1. The van der Waals surface area contributed by atoms with Gasteiger partial charge in [-0.05, 0) is 42.5 Å². The molecule has 144 valence electrons. The summed E-state index contributed by atoms with van der Waals surface area (Å²) in [6.45, 7) is 3.31. The zero-order valence-corrected chi connectivity index (χ0v) is 15.8. The quantitative estimate of drug-likeness (QED) is 0.744. The normalized spacial score (nSPS) is 13.6. The number of carbonyl (C=O) groups is 1. The SMILES string of the molecule is N#Cc1ccc(NC(=O)c2ccnc(N3CCN(c4ccccc4)CC3)n2)cc1. The third-order valence-corrected chi connectivity index (χ3v) is 4.83. The third kappa shape index (κ3) is 4.33. The van der Waals surface area contributed by atoms with Crippen molar-refractivity contribution in [2.45, 2.75) is 0 Å². The van der Waals surface area contributed by atoms with Crippen molar-refractivity contribution in [1.82, 2.24) is 9.97 Å². The first-order valence-corrected chi connectivity index (χ1v) is 9.42. The van der Waals surface area contributed by atoms with Gasteiger partial charge in [0.25, 0.3) is 5.91 Å². The van der Waals surface area contributed by atoms with Crippen molar-refractivity contribution in [1.29, 1.82) is 5.26 Å². The molecule has 0 spiro atoms. The van der Waals surface area contributed by atoms with Gasteiger partial charge in [-0.2, -0.15) is 5.26 Å². The van der Waals surface area contributed by atoms with Crippen LogP contribution >= 0.6 is 0 Å². The minimum Gasteiger partial charge on any atom is -0.368 e. The predicted molar refractivity (Wildman–Crippen MR) is 112 cm³/mol. The second-order valence-electron chi connectivity index (χ2n) is 6.69. The third-order valence-electron chi connectivity index (χ3n) is 4.83. The molecule has 1 aliphatic rings. The van der Waals surface area contributed by atoms with Crippen molar-refractivity contribution in [3.05, 3.63) is 78.1 Å². The fourth-order valence-corrected chi connectivity index (χ4v) is 3.25. The highest BCUT2D eigenvalue weighted by Crippen LogP contribution is 2.18. The van der Waals surface area contributed by atoms with Crippen molar-refractivity contribution < 1.29 is 4.79 Å². The summed E-state index contributed by atoms with van der Waals surface area (Å²) in [5.74, 6) is 0.256. The molecule has 29 heavy (non-hydrogen) atoms. The standard InChI is InChI=1S/C22H20N6O/c23-16-17-6-8-18(9-7-17)25-21(29)20-10-11-24-22(26-20)28-14-12-27(13-15-28)19-4-2-1-3-5-19/h1-11H,12-15H2,(H,25,29). The molecule has 4 rings (SSSR count). The van der Waals surface area contributed by atoms with Crippen LogP contribution < -0.4 is 15.1 Å². The van der Waals surface area contributed by atoms with E-state index >= 15 is 0 Å². The van der Waals surface area contributed by atoms with Gasteiger partial charge in [0.15, 0.2) is 0 Å². The van der Waals surface area contributed by atoms with E-state index in [-0.39, 0.29) is 5.91 Å². The van der Waals surface area contributed by atoms with Crippen LogP contribution in [0.2, 0.25) is 0 Å². The fourth-order valence-electron chi connectivity index (χ4n) is 3.25. The topological polar surface area (TPSA) is 85.1 Å². The molecule has 7 nitrogen and oxygen atoms in total. The number of benzene rings is 2. The number of nitriles is 1. The average Bonchev–Trinajstić information content (AvgIpc) is 2.80. The maximum Gasteiger partial charge on any atom is 0.274 e. The van der Waals surface area contributed by atoms with E-state index in [0.29, 0.717) is 22.9 Å². The van der Waals surface area contributed by atoms with Gasteiger partial charge in [0.05, 0.1) is 11.6 Å². The Labute approximate surface area is 169 Å². The number of anilines is 3. The molecule has 2 aromatic carbocycles. The lowest BCUT2D eigenvalue weighted by atomic mass is 10.2. The molecule has 7 heteroatoms. The van der Waals surface area contributed by atoms with Crippen molar-refractivity contribution >= 4 is 23.2 Å². The molecule has 3 aromatic rings. The molecule has 1 aromatic heterocycles. The molecular formula is C22H20N6O. The Morgan fingerprint density at radius 2 is 1.62 bits per heavy atom. The van der Waals surface area contributed by atoms with Crippen LogP contribution in [0.1, 0.15) is 16.1 Å². The number of nitrogens with zero attached hydrogens (tertiary/aromatic N) is 5. The summed E-state index contributed by atoms with van der Waals surface area (Å²) < 4.78 is 0. The van der Waals surface area contributed by atoms with Gasteiger partial charge in [-0.25, -0.2) is 9.97 Å². The lowest BCUT2D eigenvalue weighted by Gasteiger charge is -2.36. The van der Waals surface area contributed by atoms with Gasteiger partial charge >= 0.3 is 0 Å². The van der Waals surface area contributed by atoms with Crippen LogP contribution in [-0.4, -0.2) is 42.1 Å². The van der Waals surface area contributed by atoms with E-state index < -0.39 is 0 Å². The Bertz CT molecular complexity index is 1020. The van der Waals surface area contributed by atoms with Crippen molar-refractivity contribution in [3.63, 3.8) is 0 Å². The van der Waals surface area contributed by atoms with Crippen molar-refractivity contribution in [2.75, 3.05) is 41.3 Å². The monoisotopic (exact) mass is 384 g/mol. The Balaban J connectivity index is 1.41. The van der Waals surface area contributed by atoms with E-state index in [2.05, 4.69) is 43.3 Å². The maximum absolute atomic E-state index is 12.5. The van der Waals surface area contributed by atoms with Gasteiger partial charge in [-0.1, -0.05) is 18.2 Å². The second kappa shape index (κ2) is 8.40. The largest absolute Gasteiger partial charge is 0.368 e. The highest BCUT2D eigenvalue weighted by molar-refractivity contribution is 6.03. The summed E-state index contributed by atoms with van der Waals surface area (Å²) in [4.78, 5) is 25.8. The van der Waals surface area contributed by atoms with Gasteiger partial charge in [0.1, 0.15) is 5.69 Å². The molecule has 0 radical (unpaired) electrons. The summed E-state index contributed by atoms with van der Waals surface area (Å²) in [6, 6.07) is 20.7. The molecule has 1 amide bonds.